The molecule has 3 fully saturated rings. The van der Waals surface area contributed by atoms with Crippen LogP contribution in [0.3, 0.4) is 0 Å². The first-order chi connectivity index (χ1) is 16.0. The van der Waals surface area contributed by atoms with Crippen LogP contribution in [-0.2, 0) is 0 Å². The van der Waals surface area contributed by atoms with Gasteiger partial charge in [0.05, 0.1) is 5.69 Å². The summed E-state index contributed by atoms with van der Waals surface area (Å²) in [5.74, 6) is 0. The van der Waals surface area contributed by atoms with Gasteiger partial charge in [0.15, 0.2) is 0 Å². The summed E-state index contributed by atoms with van der Waals surface area (Å²) in [6, 6.07) is 8.05. The first-order valence-corrected chi connectivity index (χ1v) is 12.4. The summed E-state index contributed by atoms with van der Waals surface area (Å²) in [6.45, 7) is 6.83. The molecule has 0 radical (unpaired) electrons. The number of benzene rings is 1. The maximum atomic E-state index is 3.95. The average Bonchev–Trinajstić information content (AvgIpc) is 3.47. The number of nitrogens with one attached hydrogen (secondary N) is 7. The lowest BCUT2D eigenvalue weighted by Crippen LogP contribution is -2.30. The van der Waals surface area contributed by atoms with Crippen LogP contribution in [0.15, 0.2) is 35.4 Å². The molecule has 0 bridgehead atoms. The summed E-state index contributed by atoms with van der Waals surface area (Å²) in [5, 5.41) is 3.95. The van der Waals surface area contributed by atoms with Gasteiger partial charge in [-0.15, -0.1) is 0 Å². The fourth-order valence-corrected chi connectivity index (χ4v) is 3.38. The predicted molar refractivity (Wildman–Crippen MR) is 137 cm³/mol. The molecule has 0 unspecified atom stereocenters. The van der Waals surface area contributed by atoms with Gasteiger partial charge in [0.2, 0.25) is 0 Å². The highest BCUT2D eigenvalue weighted by Gasteiger charge is 1.97. The van der Waals surface area contributed by atoms with Crippen LogP contribution in [0.5, 0.6) is 0 Å². The Morgan fingerprint density at radius 1 is 0.531 bits per heavy atom. The van der Waals surface area contributed by atoms with Crippen LogP contribution < -0.4 is 38.0 Å². The van der Waals surface area contributed by atoms with E-state index in [-0.39, 0.29) is 0 Å². The van der Waals surface area contributed by atoms with Crippen molar-refractivity contribution in [1.29, 1.82) is 0 Å². The van der Waals surface area contributed by atoms with E-state index in [1.54, 1.807) is 6.21 Å². The van der Waals surface area contributed by atoms with Gasteiger partial charge < -0.3 is 0 Å². The zero-order chi connectivity index (χ0) is 22.4. The Morgan fingerprint density at radius 3 is 1.44 bits per heavy atom. The van der Waals surface area contributed by atoms with Crippen molar-refractivity contribution in [3.63, 3.8) is 0 Å². The van der Waals surface area contributed by atoms with Crippen molar-refractivity contribution in [3.8, 4) is 0 Å². The van der Waals surface area contributed by atoms with Gasteiger partial charge in [-0.2, -0.15) is 5.10 Å². The second kappa shape index (κ2) is 19.8. The smallest absolute Gasteiger partial charge is 0.0634 e. The Hall–Kier alpha value is -1.81. The first kappa shape index (κ1) is 26.4. The average molecular weight is 445 g/mol. The molecule has 0 spiro atoms. The highest BCUT2D eigenvalue weighted by atomic mass is 15.4. The number of hydrogen-bond donors (Lipinski definition) is 7. The quantitative estimate of drug-likeness (QED) is 0.331. The van der Waals surface area contributed by atoms with E-state index in [9.17, 15) is 0 Å². The van der Waals surface area contributed by atoms with E-state index in [4.69, 9.17) is 0 Å². The van der Waals surface area contributed by atoms with E-state index in [1.165, 1.54) is 63.4 Å². The zero-order valence-electron chi connectivity index (χ0n) is 19.6. The van der Waals surface area contributed by atoms with Crippen LogP contribution in [0.25, 0.3) is 6.08 Å². The summed E-state index contributed by atoms with van der Waals surface area (Å²) in [6.07, 6.45) is 17.8. The van der Waals surface area contributed by atoms with Gasteiger partial charge in [-0.1, -0.05) is 43.5 Å². The summed E-state index contributed by atoms with van der Waals surface area (Å²) in [5.41, 5.74) is 23.7. The molecule has 0 saturated carbocycles. The molecule has 8 nitrogen and oxygen atoms in total. The molecule has 4 heterocycles. The second-order valence-electron chi connectivity index (χ2n) is 8.08. The van der Waals surface area contributed by atoms with Crippen molar-refractivity contribution >= 4 is 18.0 Å². The lowest BCUT2D eigenvalue weighted by atomic mass is 10.2. The largest absolute Gasteiger partial charge is 0.278 e. The maximum Gasteiger partial charge on any atom is 0.0634 e. The highest BCUT2D eigenvalue weighted by molar-refractivity contribution is 5.83. The van der Waals surface area contributed by atoms with E-state index < -0.39 is 0 Å². The molecule has 5 rings (SSSR count). The van der Waals surface area contributed by atoms with E-state index in [1.807, 2.05) is 36.4 Å². The second-order valence-corrected chi connectivity index (χ2v) is 8.08. The first-order valence-electron chi connectivity index (χ1n) is 12.4. The van der Waals surface area contributed by atoms with Crippen LogP contribution >= 0.6 is 0 Å². The lowest BCUT2D eigenvalue weighted by Gasteiger charge is -2.00. The van der Waals surface area contributed by atoms with Gasteiger partial charge in [-0.3, -0.25) is 38.0 Å². The summed E-state index contributed by atoms with van der Waals surface area (Å²) in [7, 11) is 0. The number of allylic oxidation sites excluding steroid dienone is 1. The molecular formula is C24H44N8. The summed E-state index contributed by atoms with van der Waals surface area (Å²) >= 11 is 0. The Balaban J connectivity index is 0.000000155. The molecule has 8 heteroatoms. The van der Waals surface area contributed by atoms with Crippen molar-refractivity contribution in [1.82, 2.24) is 32.6 Å². The third-order valence-corrected chi connectivity index (χ3v) is 5.27. The number of hydrogen-bond acceptors (Lipinski definition) is 8. The molecule has 3 saturated heterocycles. The minimum Gasteiger partial charge on any atom is -0.278 e. The van der Waals surface area contributed by atoms with Crippen molar-refractivity contribution in [2.24, 2.45) is 5.10 Å². The maximum absolute atomic E-state index is 3.95. The van der Waals surface area contributed by atoms with Crippen molar-refractivity contribution in [3.05, 3.63) is 35.9 Å². The fraction of sp³-hybridized carbons (Fsp3) is 0.625. The van der Waals surface area contributed by atoms with Crippen LogP contribution in [0, 0.1) is 0 Å². The number of rotatable bonds is 0. The van der Waals surface area contributed by atoms with E-state index in [0.717, 1.165) is 45.0 Å². The zero-order valence-corrected chi connectivity index (χ0v) is 19.6. The molecule has 0 aromatic heterocycles. The van der Waals surface area contributed by atoms with E-state index in [2.05, 4.69) is 43.1 Å². The molecule has 7 N–H and O–H groups in total. The van der Waals surface area contributed by atoms with Gasteiger partial charge in [0.1, 0.15) is 0 Å². The van der Waals surface area contributed by atoms with Gasteiger partial charge in [0.25, 0.3) is 0 Å². The van der Waals surface area contributed by atoms with Gasteiger partial charge >= 0.3 is 0 Å². The normalized spacial score (nSPS) is 20.4. The van der Waals surface area contributed by atoms with Gasteiger partial charge in [-0.05, 0) is 56.2 Å². The molecule has 1 aromatic carbocycles. The number of nitrogens with zero attached hydrogens (tertiary/aromatic N) is 1. The number of hydrazine groups is 3. The number of fused-ring (bicyclic) bond motifs is 1. The molecule has 180 valence electrons. The topological polar surface area (TPSA) is 96.6 Å². The third-order valence-electron chi connectivity index (χ3n) is 5.27. The van der Waals surface area contributed by atoms with Gasteiger partial charge in [0, 0.05) is 45.5 Å². The minimum atomic E-state index is 1.05. The Kier molecular flexibility index (Phi) is 16.4. The molecular weight excluding hydrogens is 400 g/mol. The van der Waals surface area contributed by atoms with E-state index in [0.29, 0.717) is 0 Å². The highest BCUT2D eigenvalue weighted by Crippen LogP contribution is 2.17. The van der Waals surface area contributed by atoms with Crippen molar-refractivity contribution in [2.75, 3.05) is 44.7 Å². The minimum absolute atomic E-state index is 1.05. The van der Waals surface area contributed by atoms with Gasteiger partial charge in [-0.25, -0.2) is 0 Å². The number of hydrazone groups is 1. The van der Waals surface area contributed by atoms with Crippen molar-refractivity contribution < 1.29 is 0 Å². The monoisotopic (exact) mass is 444 g/mol. The standard InChI is InChI=1S/C9H8N2.3C5H12N2/c1-2-6-9-8(4-1)5-3-7-10-11-9;3*1-2-4-6-7-5-3-1/h1-7,11H;3*6-7H,1-5H2. The van der Waals surface area contributed by atoms with Crippen LogP contribution in [-0.4, -0.2) is 45.5 Å². The third kappa shape index (κ3) is 14.3. The molecule has 1 aromatic rings. The predicted octanol–water partition coefficient (Wildman–Crippen LogP) is 2.90. The van der Waals surface area contributed by atoms with Crippen LogP contribution in [0.2, 0.25) is 0 Å². The van der Waals surface area contributed by atoms with Crippen molar-refractivity contribution in [2.45, 2.75) is 57.8 Å². The SMILES string of the molecule is C1=Cc2ccccc2NN=C1.C1CCNNCC1.C1CCNNCC1.C1CCNNCC1. The molecule has 0 aliphatic carbocycles. The molecule has 0 amide bonds. The van der Waals surface area contributed by atoms with Crippen LogP contribution in [0.4, 0.5) is 5.69 Å². The van der Waals surface area contributed by atoms with Crippen LogP contribution in [0.1, 0.15) is 63.4 Å². The Labute approximate surface area is 194 Å². The van der Waals surface area contributed by atoms with E-state index >= 15 is 0 Å². The molecule has 4 aliphatic heterocycles. The Morgan fingerprint density at radius 2 is 0.969 bits per heavy atom. The Bertz CT molecular complexity index is 528. The fourth-order valence-electron chi connectivity index (χ4n) is 3.38. The molecule has 4 aliphatic rings. The molecule has 0 atom stereocenters. The number of para-hydroxylation sites is 1. The summed E-state index contributed by atoms with van der Waals surface area (Å²) < 4.78 is 0. The summed E-state index contributed by atoms with van der Waals surface area (Å²) in [4.78, 5) is 0. The number of anilines is 1. The molecule has 32 heavy (non-hydrogen) atoms. The lowest BCUT2D eigenvalue weighted by molar-refractivity contribution is 0.573.